The highest BCUT2D eigenvalue weighted by atomic mass is 16.5. The Kier molecular flexibility index (Phi) is 50.6. The van der Waals surface area contributed by atoms with Gasteiger partial charge in [-0.05, 0) is 83.5 Å². The second-order valence-corrected chi connectivity index (χ2v) is 18.6. The van der Waals surface area contributed by atoms with Crippen molar-refractivity contribution in [2.45, 2.75) is 277 Å². The molecule has 0 rings (SSSR count). The van der Waals surface area contributed by atoms with E-state index in [0.29, 0.717) is 19.3 Å². The first-order valence-electron chi connectivity index (χ1n) is 27.8. The summed E-state index contributed by atoms with van der Waals surface area (Å²) in [5.74, 6) is -0.602. The average molecular weight is 921 g/mol. The maximum absolute atomic E-state index is 13.2. The fourth-order valence-corrected chi connectivity index (χ4v) is 7.95. The van der Waals surface area contributed by atoms with Gasteiger partial charge in [-0.15, -0.1) is 0 Å². The van der Waals surface area contributed by atoms with Gasteiger partial charge in [-0.2, -0.15) is 0 Å². The first-order valence-corrected chi connectivity index (χ1v) is 27.8. The van der Waals surface area contributed by atoms with Gasteiger partial charge in [0.25, 0.3) is 0 Å². The average Bonchev–Trinajstić information content (AvgIpc) is 3.31. The number of ether oxygens (including phenoxy) is 1. The zero-order chi connectivity index (χ0) is 48.1. The zero-order valence-corrected chi connectivity index (χ0v) is 43.3. The number of hydrogen-bond acceptors (Lipinski definition) is 5. The van der Waals surface area contributed by atoms with Crippen LogP contribution < -0.4 is 5.32 Å². The quantitative estimate of drug-likeness (QED) is 0.0321. The minimum Gasteiger partial charge on any atom is -0.461 e. The minimum absolute atomic E-state index is 0.0107. The first kappa shape index (κ1) is 63.0. The van der Waals surface area contributed by atoms with E-state index < -0.39 is 18.2 Å². The van der Waals surface area contributed by atoms with Crippen LogP contribution in [0.3, 0.4) is 0 Å². The van der Waals surface area contributed by atoms with Crippen LogP contribution in [0.25, 0.3) is 0 Å². The molecule has 6 heteroatoms. The highest BCUT2D eigenvalue weighted by Gasteiger charge is 2.23. The minimum atomic E-state index is -0.819. The molecule has 0 fully saturated rings. The van der Waals surface area contributed by atoms with Crippen LogP contribution in [0.5, 0.6) is 0 Å². The van der Waals surface area contributed by atoms with E-state index in [0.717, 1.165) is 83.5 Å². The lowest BCUT2D eigenvalue weighted by Gasteiger charge is -2.24. The monoisotopic (exact) mass is 920 g/mol. The molecule has 0 aromatic heterocycles. The molecule has 1 amide bonds. The summed E-state index contributed by atoms with van der Waals surface area (Å²) in [5, 5.41) is 23.8. The summed E-state index contributed by atoms with van der Waals surface area (Å²) >= 11 is 0. The molecule has 0 aromatic rings. The molecule has 0 radical (unpaired) electrons. The lowest BCUT2D eigenvalue weighted by Crippen LogP contribution is -2.46. The van der Waals surface area contributed by atoms with Crippen molar-refractivity contribution < 1.29 is 24.5 Å². The van der Waals surface area contributed by atoms with E-state index in [1.54, 1.807) is 0 Å². The third-order valence-electron chi connectivity index (χ3n) is 12.2. The van der Waals surface area contributed by atoms with E-state index in [1.807, 2.05) is 12.2 Å². The Morgan fingerprint density at radius 1 is 0.455 bits per heavy atom. The molecule has 3 unspecified atom stereocenters. The standard InChI is InChI=1S/C60H105NO5/c1-4-7-10-13-16-19-22-25-28-29-32-35-38-41-44-47-50-53-60(65)66-56(51-48-45-42-39-36-33-30-26-23-20-17-14-11-8-5-2)54-59(64)61-57(55-62)58(63)52-49-46-43-40-37-34-31-27-24-21-18-15-12-9-6-3/h16-17,19-20,25-26,28,30,32,35-36,39,45,48,56-58,62-63H,4-15,18,21-24,27,29,31,33-34,37-38,40-44,46-47,49-55H2,1-3H3,(H,61,64)/b19-16-,20-17-,28-25-,30-26-,35-32-,39-36-,48-45-. The van der Waals surface area contributed by atoms with Gasteiger partial charge in [0.15, 0.2) is 0 Å². The van der Waals surface area contributed by atoms with E-state index in [4.69, 9.17) is 4.74 Å². The predicted molar refractivity (Wildman–Crippen MR) is 287 cm³/mol. The molecule has 3 N–H and O–H groups in total. The van der Waals surface area contributed by atoms with Crippen LogP contribution in [0.15, 0.2) is 85.1 Å². The highest BCUT2D eigenvalue weighted by molar-refractivity contribution is 5.77. The molecule has 0 saturated carbocycles. The first-order chi connectivity index (χ1) is 32.5. The van der Waals surface area contributed by atoms with Gasteiger partial charge in [0.2, 0.25) is 5.91 Å². The molecule has 0 spiro atoms. The molecule has 0 saturated heterocycles. The molecule has 0 heterocycles. The van der Waals surface area contributed by atoms with Gasteiger partial charge in [0.05, 0.1) is 25.2 Å². The van der Waals surface area contributed by atoms with E-state index in [9.17, 15) is 19.8 Å². The number of amides is 1. The SMILES string of the molecule is CCCCC/C=C\C/C=C\C/C=C\C/C=C\CC(CC(=O)NC(CO)C(O)CCCCCCCCCCCCCCCCC)OC(=O)CCCCCC/C=C\C/C=C\C/C=C\CCCCC. The molecular weight excluding hydrogens is 815 g/mol. The zero-order valence-electron chi connectivity index (χ0n) is 43.3. The molecule has 0 aliphatic heterocycles. The fourth-order valence-electron chi connectivity index (χ4n) is 7.95. The van der Waals surface area contributed by atoms with Crippen LogP contribution >= 0.6 is 0 Å². The molecule has 0 aliphatic rings. The Morgan fingerprint density at radius 3 is 1.24 bits per heavy atom. The van der Waals surface area contributed by atoms with Crippen LogP contribution in [0.4, 0.5) is 0 Å². The Morgan fingerprint density at radius 2 is 0.803 bits per heavy atom. The summed E-state index contributed by atoms with van der Waals surface area (Å²) in [6.45, 7) is 6.40. The summed E-state index contributed by atoms with van der Waals surface area (Å²) in [6.07, 6.45) is 69.4. The van der Waals surface area contributed by atoms with E-state index in [1.165, 1.54) is 128 Å². The number of esters is 1. The van der Waals surface area contributed by atoms with Gasteiger partial charge in [-0.25, -0.2) is 0 Å². The number of nitrogens with one attached hydrogen (secondary N) is 1. The molecule has 6 nitrogen and oxygen atoms in total. The van der Waals surface area contributed by atoms with Gasteiger partial charge < -0.3 is 20.3 Å². The maximum atomic E-state index is 13.2. The fraction of sp³-hybridized carbons (Fsp3) is 0.733. The van der Waals surface area contributed by atoms with Crippen molar-refractivity contribution in [3.8, 4) is 0 Å². The number of carbonyl (C=O) groups is 2. The summed E-state index contributed by atoms with van der Waals surface area (Å²) in [7, 11) is 0. The molecule has 66 heavy (non-hydrogen) atoms. The van der Waals surface area contributed by atoms with Crippen molar-refractivity contribution in [1.29, 1.82) is 0 Å². The van der Waals surface area contributed by atoms with Gasteiger partial charge in [-0.1, -0.05) is 241 Å². The number of hydrogen-bond donors (Lipinski definition) is 3. The summed E-state index contributed by atoms with van der Waals surface area (Å²) in [4.78, 5) is 26.2. The number of rotatable bonds is 49. The van der Waals surface area contributed by atoms with Crippen LogP contribution in [-0.2, 0) is 14.3 Å². The largest absolute Gasteiger partial charge is 0.461 e. The Hall–Kier alpha value is -2.96. The van der Waals surface area contributed by atoms with Crippen molar-refractivity contribution in [3.63, 3.8) is 0 Å². The third kappa shape index (κ3) is 47.5. The van der Waals surface area contributed by atoms with Crippen LogP contribution in [-0.4, -0.2) is 46.9 Å². The normalized spacial score (nSPS) is 13.8. The van der Waals surface area contributed by atoms with E-state index in [-0.39, 0.29) is 24.9 Å². The van der Waals surface area contributed by atoms with Crippen LogP contribution in [0, 0.1) is 0 Å². The Balaban J connectivity index is 4.72. The second-order valence-electron chi connectivity index (χ2n) is 18.6. The molecule has 0 aromatic carbocycles. The van der Waals surface area contributed by atoms with Crippen LogP contribution in [0.2, 0.25) is 0 Å². The third-order valence-corrected chi connectivity index (χ3v) is 12.2. The number of allylic oxidation sites excluding steroid dienone is 13. The van der Waals surface area contributed by atoms with Gasteiger partial charge in [0, 0.05) is 12.8 Å². The summed E-state index contributed by atoms with van der Waals surface area (Å²) < 4.78 is 5.87. The highest BCUT2D eigenvalue weighted by Crippen LogP contribution is 2.16. The van der Waals surface area contributed by atoms with E-state index >= 15 is 0 Å². The molecule has 0 bridgehead atoms. The number of aliphatic hydroxyl groups is 2. The van der Waals surface area contributed by atoms with Gasteiger partial charge in [0.1, 0.15) is 6.10 Å². The Bertz CT molecular complexity index is 1260. The van der Waals surface area contributed by atoms with Crippen molar-refractivity contribution in [2.75, 3.05) is 6.61 Å². The second kappa shape index (κ2) is 53.0. The number of aliphatic hydroxyl groups excluding tert-OH is 2. The molecule has 0 aliphatic carbocycles. The lowest BCUT2D eigenvalue weighted by atomic mass is 10.0. The maximum Gasteiger partial charge on any atom is 0.306 e. The summed E-state index contributed by atoms with van der Waals surface area (Å²) in [5.41, 5.74) is 0. The van der Waals surface area contributed by atoms with E-state index in [2.05, 4.69) is 99.0 Å². The molecule has 380 valence electrons. The predicted octanol–water partition coefficient (Wildman–Crippen LogP) is 17.1. The molecule has 3 atom stereocenters. The number of unbranched alkanes of at least 4 members (excludes halogenated alkanes) is 24. The lowest BCUT2D eigenvalue weighted by molar-refractivity contribution is -0.150. The Labute approximate surface area is 408 Å². The van der Waals surface area contributed by atoms with Crippen molar-refractivity contribution in [3.05, 3.63) is 85.1 Å². The molecular formula is C60H105NO5. The summed E-state index contributed by atoms with van der Waals surface area (Å²) in [6, 6.07) is -0.740. The van der Waals surface area contributed by atoms with Crippen LogP contribution in [0.1, 0.15) is 258 Å². The topological polar surface area (TPSA) is 95.9 Å². The van der Waals surface area contributed by atoms with Crippen molar-refractivity contribution in [1.82, 2.24) is 5.32 Å². The van der Waals surface area contributed by atoms with Gasteiger partial charge in [-0.3, -0.25) is 9.59 Å². The smallest absolute Gasteiger partial charge is 0.306 e. The van der Waals surface area contributed by atoms with Crippen molar-refractivity contribution >= 4 is 11.9 Å². The van der Waals surface area contributed by atoms with Crippen molar-refractivity contribution in [2.24, 2.45) is 0 Å². The number of carbonyl (C=O) groups excluding carboxylic acids is 2. The van der Waals surface area contributed by atoms with Gasteiger partial charge >= 0.3 is 5.97 Å².